The molecule has 1 heterocycles. The molecule has 0 fully saturated rings. The van der Waals surface area contributed by atoms with E-state index in [1.807, 2.05) is 19.1 Å². The van der Waals surface area contributed by atoms with Gasteiger partial charge in [-0.2, -0.15) is 0 Å². The normalized spacial score (nSPS) is 10.3. The Hall–Kier alpha value is -1.22. The predicted molar refractivity (Wildman–Crippen MR) is 62.1 cm³/mol. The van der Waals surface area contributed by atoms with Crippen molar-refractivity contribution in [1.29, 1.82) is 0 Å². The quantitative estimate of drug-likeness (QED) is 0.761. The lowest BCUT2D eigenvalue weighted by atomic mass is 10.1. The third kappa shape index (κ3) is 2.07. The molecule has 2 rings (SSSR count). The number of halogens is 2. The lowest BCUT2D eigenvalue weighted by molar-refractivity contribution is 0.627. The van der Waals surface area contributed by atoms with E-state index in [-0.39, 0.29) is 5.82 Å². The number of hydrogen-bond donors (Lipinski definition) is 0. The van der Waals surface area contributed by atoms with Crippen molar-refractivity contribution in [2.24, 2.45) is 0 Å². The van der Waals surface area contributed by atoms with Crippen LogP contribution in [0.25, 0.3) is 11.3 Å². The summed E-state index contributed by atoms with van der Waals surface area (Å²) < 4.78 is 13.6. The average Bonchev–Trinajstić information content (AvgIpc) is 2.20. The molecule has 3 heteroatoms. The van der Waals surface area contributed by atoms with Crippen LogP contribution in [-0.4, -0.2) is 4.98 Å². The van der Waals surface area contributed by atoms with E-state index >= 15 is 0 Å². The Labute approximate surface area is 96.1 Å². The largest absolute Gasteiger partial charge is 0.256 e. The summed E-state index contributed by atoms with van der Waals surface area (Å²) in [5.41, 5.74) is 2.86. The molecular weight excluding hydrogens is 257 g/mol. The van der Waals surface area contributed by atoms with Gasteiger partial charge < -0.3 is 0 Å². The van der Waals surface area contributed by atoms with Gasteiger partial charge in [0.2, 0.25) is 0 Å². The van der Waals surface area contributed by atoms with Gasteiger partial charge in [-0.1, -0.05) is 6.07 Å². The standard InChI is InChI=1S/C12H9BrFN/c1-8-3-2-6-15-12(8)10-5-4-9(14)7-11(10)13/h2-7H,1H3. The summed E-state index contributed by atoms with van der Waals surface area (Å²) in [5.74, 6) is -0.251. The Morgan fingerprint density at radius 2 is 2.07 bits per heavy atom. The molecule has 0 amide bonds. The Kier molecular flexibility index (Phi) is 2.82. The first-order valence-corrected chi connectivity index (χ1v) is 5.35. The summed E-state index contributed by atoms with van der Waals surface area (Å²) in [6.45, 7) is 1.98. The molecule has 1 aromatic carbocycles. The molecule has 15 heavy (non-hydrogen) atoms. The summed E-state index contributed by atoms with van der Waals surface area (Å²) in [6, 6.07) is 8.49. The van der Waals surface area contributed by atoms with Gasteiger partial charge in [0.25, 0.3) is 0 Å². The number of rotatable bonds is 1. The first kappa shape index (κ1) is 10.3. The van der Waals surface area contributed by atoms with Gasteiger partial charge in [-0.25, -0.2) is 4.39 Å². The van der Waals surface area contributed by atoms with Crippen molar-refractivity contribution in [2.75, 3.05) is 0 Å². The number of aryl methyl sites for hydroxylation is 1. The molecule has 0 aliphatic heterocycles. The molecule has 0 spiro atoms. The molecular formula is C12H9BrFN. The lowest BCUT2D eigenvalue weighted by Gasteiger charge is -2.06. The molecule has 0 saturated carbocycles. The van der Waals surface area contributed by atoms with Crippen molar-refractivity contribution < 1.29 is 4.39 Å². The van der Waals surface area contributed by atoms with Gasteiger partial charge in [-0.05, 0) is 52.7 Å². The van der Waals surface area contributed by atoms with Crippen LogP contribution < -0.4 is 0 Å². The van der Waals surface area contributed by atoms with Gasteiger partial charge in [-0.15, -0.1) is 0 Å². The van der Waals surface area contributed by atoms with E-state index in [0.29, 0.717) is 0 Å². The maximum atomic E-state index is 12.9. The van der Waals surface area contributed by atoms with Crippen LogP contribution in [-0.2, 0) is 0 Å². The summed E-state index contributed by atoms with van der Waals surface area (Å²) >= 11 is 3.34. The smallest absolute Gasteiger partial charge is 0.124 e. The molecule has 0 aliphatic carbocycles. The van der Waals surface area contributed by atoms with E-state index in [4.69, 9.17) is 0 Å². The van der Waals surface area contributed by atoms with Crippen LogP contribution in [0.15, 0.2) is 41.0 Å². The summed E-state index contributed by atoms with van der Waals surface area (Å²) in [4.78, 5) is 4.29. The van der Waals surface area contributed by atoms with Crippen molar-refractivity contribution in [3.63, 3.8) is 0 Å². The lowest BCUT2D eigenvalue weighted by Crippen LogP contribution is -1.89. The summed E-state index contributed by atoms with van der Waals surface area (Å²) in [7, 11) is 0. The SMILES string of the molecule is Cc1cccnc1-c1ccc(F)cc1Br. The van der Waals surface area contributed by atoms with Crippen molar-refractivity contribution in [1.82, 2.24) is 4.98 Å². The molecule has 1 nitrogen and oxygen atoms in total. The van der Waals surface area contributed by atoms with Crippen molar-refractivity contribution in [3.8, 4) is 11.3 Å². The maximum Gasteiger partial charge on any atom is 0.124 e. The first-order valence-electron chi connectivity index (χ1n) is 4.55. The minimum absolute atomic E-state index is 0.251. The number of pyridine rings is 1. The van der Waals surface area contributed by atoms with Gasteiger partial charge in [0.15, 0.2) is 0 Å². The number of benzene rings is 1. The van der Waals surface area contributed by atoms with E-state index in [2.05, 4.69) is 20.9 Å². The number of nitrogens with zero attached hydrogens (tertiary/aromatic N) is 1. The fourth-order valence-electron chi connectivity index (χ4n) is 1.45. The summed E-state index contributed by atoms with van der Waals surface area (Å²) in [5, 5.41) is 0. The van der Waals surface area contributed by atoms with Crippen molar-refractivity contribution in [2.45, 2.75) is 6.92 Å². The van der Waals surface area contributed by atoms with Crippen LogP contribution in [0.3, 0.4) is 0 Å². The van der Waals surface area contributed by atoms with Gasteiger partial charge in [0.05, 0.1) is 5.69 Å². The predicted octanol–water partition coefficient (Wildman–Crippen LogP) is 3.96. The number of hydrogen-bond acceptors (Lipinski definition) is 1. The molecule has 76 valence electrons. The zero-order valence-electron chi connectivity index (χ0n) is 8.17. The minimum Gasteiger partial charge on any atom is -0.256 e. The van der Waals surface area contributed by atoms with Crippen LogP contribution in [0.2, 0.25) is 0 Å². The molecule has 0 unspecified atom stereocenters. The molecule has 0 radical (unpaired) electrons. The number of aromatic nitrogens is 1. The van der Waals surface area contributed by atoms with Crippen LogP contribution in [0.4, 0.5) is 4.39 Å². The third-order valence-corrected chi connectivity index (χ3v) is 2.85. The Bertz CT molecular complexity index is 497. The highest BCUT2D eigenvalue weighted by Gasteiger charge is 2.07. The van der Waals surface area contributed by atoms with Crippen LogP contribution in [0.1, 0.15) is 5.56 Å². The first-order chi connectivity index (χ1) is 7.18. The third-order valence-electron chi connectivity index (χ3n) is 2.20. The van der Waals surface area contributed by atoms with Gasteiger partial charge >= 0.3 is 0 Å². The molecule has 0 N–H and O–H groups in total. The van der Waals surface area contributed by atoms with Crippen LogP contribution >= 0.6 is 15.9 Å². The van der Waals surface area contributed by atoms with Crippen molar-refractivity contribution in [3.05, 3.63) is 52.4 Å². The highest BCUT2D eigenvalue weighted by molar-refractivity contribution is 9.10. The van der Waals surface area contributed by atoms with E-state index in [1.54, 1.807) is 12.3 Å². The highest BCUT2D eigenvalue weighted by Crippen LogP contribution is 2.29. The van der Waals surface area contributed by atoms with Crippen LogP contribution in [0, 0.1) is 12.7 Å². The van der Waals surface area contributed by atoms with Gasteiger partial charge in [0.1, 0.15) is 5.82 Å². The molecule has 0 bridgehead atoms. The second kappa shape index (κ2) is 4.11. The molecule has 0 aliphatic rings. The van der Waals surface area contributed by atoms with Crippen molar-refractivity contribution >= 4 is 15.9 Å². The Morgan fingerprint density at radius 1 is 1.27 bits per heavy atom. The molecule has 1 aromatic heterocycles. The minimum atomic E-state index is -0.251. The zero-order valence-corrected chi connectivity index (χ0v) is 9.75. The monoisotopic (exact) mass is 265 g/mol. The fraction of sp³-hybridized carbons (Fsp3) is 0.0833. The van der Waals surface area contributed by atoms with Gasteiger partial charge in [-0.3, -0.25) is 4.98 Å². The fourth-order valence-corrected chi connectivity index (χ4v) is 1.99. The molecule has 0 atom stereocenters. The second-order valence-electron chi connectivity index (χ2n) is 3.29. The van der Waals surface area contributed by atoms with Crippen LogP contribution in [0.5, 0.6) is 0 Å². The van der Waals surface area contributed by atoms with E-state index in [1.165, 1.54) is 12.1 Å². The Morgan fingerprint density at radius 3 is 2.73 bits per heavy atom. The highest BCUT2D eigenvalue weighted by atomic mass is 79.9. The van der Waals surface area contributed by atoms with E-state index < -0.39 is 0 Å². The van der Waals surface area contributed by atoms with E-state index in [9.17, 15) is 4.39 Å². The van der Waals surface area contributed by atoms with E-state index in [0.717, 1.165) is 21.3 Å². The Balaban J connectivity index is 2.60. The molecule has 0 saturated heterocycles. The molecule has 2 aromatic rings. The zero-order chi connectivity index (χ0) is 10.8. The summed E-state index contributed by atoms with van der Waals surface area (Å²) in [6.07, 6.45) is 1.73. The second-order valence-corrected chi connectivity index (χ2v) is 4.15. The topological polar surface area (TPSA) is 12.9 Å². The average molecular weight is 266 g/mol. The van der Waals surface area contributed by atoms with Gasteiger partial charge in [0, 0.05) is 16.2 Å². The maximum absolute atomic E-state index is 12.9.